The van der Waals surface area contributed by atoms with Crippen molar-refractivity contribution in [2.45, 2.75) is 129 Å². The van der Waals surface area contributed by atoms with Gasteiger partial charge in [0.05, 0.1) is 24.4 Å². The minimum absolute atomic E-state index is 0.0795. The first-order valence-corrected chi connectivity index (χ1v) is 16.3. The Morgan fingerprint density at radius 2 is 1.71 bits per heavy atom. The molecule has 4 saturated carbocycles. The average molecular weight is 571 g/mol. The molecule has 0 spiro atoms. The minimum atomic E-state index is -0.602. The molecule has 5 rings (SSSR count). The number of hydrogen-bond donors (Lipinski definition) is 6. The first-order valence-electron chi connectivity index (χ1n) is 16.3. The lowest BCUT2D eigenvalue weighted by atomic mass is 9.43. The van der Waals surface area contributed by atoms with Crippen LogP contribution in [0.1, 0.15) is 105 Å². The summed E-state index contributed by atoms with van der Waals surface area (Å²) in [5.74, 6) is 4.91. The van der Waals surface area contributed by atoms with Crippen LogP contribution in [0.5, 0.6) is 0 Å². The van der Waals surface area contributed by atoms with Crippen LogP contribution in [-0.2, 0) is 9.59 Å². The number of nitrogens with one attached hydrogen (secondary N) is 4. The number of rotatable bonds is 10. The van der Waals surface area contributed by atoms with E-state index in [0.717, 1.165) is 44.9 Å². The summed E-state index contributed by atoms with van der Waals surface area (Å²) in [5, 5.41) is 27.6. The summed E-state index contributed by atoms with van der Waals surface area (Å²) in [6, 6.07) is -0.602. The van der Waals surface area contributed by atoms with Gasteiger partial charge in [-0.1, -0.05) is 26.7 Å². The molecular formula is C33H54N4O4. The van der Waals surface area contributed by atoms with Crippen LogP contribution in [0.3, 0.4) is 0 Å². The van der Waals surface area contributed by atoms with Gasteiger partial charge in [-0.2, -0.15) is 0 Å². The number of carbonyl (C=O) groups excluding carboxylic acids is 2. The van der Waals surface area contributed by atoms with Crippen LogP contribution >= 0.6 is 0 Å². The van der Waals surface area contributed by atoms with Gasteiger partial charge < -0.3 is 20.8 Å². The van der Waals surface area contributed by atoms with Crippen molar-refractivity contribution in [3.63, 3.8) is 0 Å². The summed E-state index contributed by atoms with van der Waals surface area (Å²) in [7, 11) is 0. The molecule has 11 atom stereocenters. The lowest BCUT2D eigenvalue weighted by molar-refractivity contribution is -0.174. The molecule has 1 heterocycles. The number of fused-ring (bicyclic) bond motifs is 5. The van der Waals surface area contributed by atoms with Gasteiger partial charge in [0, 0.05) is 6.42 Å². The molecule has 0 bridgehead atoms. The number of terminal acetylenes is 1. The molecule has 6 N–H and O–H groups in total. The quantitative estimate of drug-likeness (QED) is 0.176. The van der Waals surface area contributed by atoms with Crippen molar-refractivity contribution in [1.29, 1.82) is 0 Å². The summed E-state index contributed by atoms with van der Waals surface area (Å²) >= 11 is 0. The zero-order valence-electron chi connectivity index (χ0n) is 25.7. The van der Waals surface area contributed by atoms with Crippen molar-refractivity contribution in [3.05, 3.63) is 0 Å². The SMILES string of the molecule is C#CCNC(=O)C(CCC1(C)NN1)NC(=O)CC[C@@H](C)[C@H]1CC[C@H]2[C@@H]3C(O)C[C@@H]4C[C@H](O)CC[C@]4(C)[C@H]3CC[C@]12C. The highest BCUT2D eigenvalue weighted by atomic mass is 16.3. The van der Waals surface area contributed by atoms with E-state index >= 15 is 0 Å². The van der Waals surface area contributed by atoms with Gasteiger partial charge in [-0.3, -0.25) is 9.59 Å². The van der Waals surface area contributed by atoms with Crippen molar-refractivity contribution in [1.82, 2.24) is 21.5 Å². The van der Waals surface area contributed by atoms with E-state index in [9.17, 15) is 19.8 Å². The van der Waals surface area contributed by atoms with E-state index in [1.807, 2.05) is 6.92 Å². The molecule has 2 amide bonds. The van der Waals surface area contributed by atoms with Crippen LogP contribution < -0.4 is 21.5 Å². The molecule has 1 aliphatic heterocycles. The first-order chi connectivity index (χ1) is 19.4. The zero-order chi connectivity index (χ0) is 29.6. The molecule has 2 unspecified atom stereocenters. The third kappa shape index (κ3) is 6.07. The van der Waals surface area contributed by atoms with Crippen LogP contribution in [0.25, 0.3) is 0 Å². The third-order valence-corrected chi connectivity index (χ3v) is 12.7. The molecule has 1 saturated heterocycles. The van der Waals surface area contributed by atoms with Gasteiger partial charge in [-0.05, 0) is 124 Å². The van der Waals surface area contributed by atoms with Crippen LogP contribution in [0, 0.1) is 58.7 Å². The average Bonchev–Trinajstić information content (AvgIpc) is 3.56. The number of amides is 2. The lowest BCUT2D eigenvalue weighted by Gasteiger charge is -2.62. The Hall–Kier alpha value is -1.66. The van der Waals surface area contributed by atoms with Gasteiger partial charge in [0.25, 0.3) is 0 Å². The zero-order valence-corrected chi connectivity index (χ0v) is 25.7. The molecule has 0 aromatic rings. The van der Waals surface area contributed by atoms with Gasteiger partial charge in [-0.25, -0.2) is 10.9 Å². The predicted molar refractivity (Wildman–Crippen MR) is 159 cm³/mol. The number of hydrazine groups is 1. The van der Waals surface area contributed by atoms with Crippen molar-refractivity contribution >= 4 is 11.8 Å². The Bertz CT molecular complexity index is 1030. The molecular weight excluding hydrogens is 516 g/mol. The molecule has 8 nitrogen and oxygen atoms in total. The maximum Gasteiger partial charge on any atom is 0.243 e. The van der Waals surface area contributed by atoms with Crippen molar-refractivity contribution in [3.8, 4) is 12.3 Å². The Morgan fingerprint density at radius 1 is 1.00 bits per heavy atom. The lowest BCUT2D eigenvalue weighted by Crippen LogP contribution is -2.58. The minimum Gasteiger partial charge on any atom is -0.393 e. The topological polar surface area (TPSA) is 143 Å². The van der Waals surface area contributed by atoms with Crippen LogP contribution in [0.15, 0.2) is 0 Å². The standard InChI is InChI=1S/C33H54N4O4/c1-6-17-34-30(41)26(13-16-33(5)36-37-33)35-28(40)10-7-20(2)23-8-9-24-29-25(12-15-32(23,24)4)31(3)14-11-22(38)18-21(31)19-27(29)39/h1,20-27,29,36-39H,7-19H2,2-5H3,(H,34,41)(H,35,40)/t20-,21+,22-,23-,24+,25+,26?,27?,29+,31+,32-/m1/s1. The molecule has 230 valence electrons. The van der Waals surface area contributed by atoms with Crippen molar-refractivity contribution in [2.75, 3.05) is 6.54 Å². The summed E-state index contributed by atoms with van der Waals surface area (Å²) in [6.07, 6.45) is 15.6. The predicted octanol–water partition coefficient (Wildman–Crippen LogP) is 3.23. The maximum atomic E-state index is 13.1. The maximum absolute atomic E-state index is 13.1. The number of aliphatic hydroxyl groups excluding tert-OH is 2. The summed E-state index contributed by atoms with van der Waals surface area (Å²) < 4.78 is 0. The Labute approximate surface area is 246 Å². The van der Waals surface area contributed by atoms with Gasteiger partial charge in [0.1, 0.15) is 6.04 Å². The van der Waals surface area contributed by atoms with Gasteiger partial charge in [0.2, 0.25) is 11.8 Å². The smallest absolute Gasteiger partial charge is 0.243 e. The monoisotopic (exact) mass is 570 g/mol. The van der Waals surface area contributed by atoms with E-state index in [-0.39, 0.29) is 47.1 Å². The van der Waals surface area contributed by atoms with E-state index in [4.69, 9.17) is 6.42 Å². The van der Waals surface area contributed by atoms with Gasteiger partial charge in [0.15, 0.2) is 0 Å². The molecule has 41 heavy (non-hydrogen) atoms. The second-order valence-electron chi connectivity index (χ2n) is 15.1. The highest BCUT2D eigenvalue weighted by Crippen LogP contribution is 2.68. The van der Waals surface area contributed by atoms with E-state index in [1.54, 1.807) is 0 Å². The number of hydrogen-bond acceptors (Lipinski definition) is 6. The number of aliphatic hydroxyl groups is 2. The molecule has 0 aromatic carbocycles. The summed E-state index contributed by atoms with van der Waals surface area (Å²) in [4.78, 5) is 25.8. The van der Waals surface area contributed by atoms with Crippen molar-refractivity contribution in [2.24, 2.45) is 46.3 Å². The van der Waals surface area contributed by atoms with E-state index < -0.39 is 6.04 Å². The Kier molecular flexibility index (Phi) is 8.85. The van der Waals surface area contributed by atoms with Crippen molar-refractivity contribution < 1.29 is 19.8 Å². The molecule has 5 fully saturated rings. The van der Waals surface area contributed by atoms with E-state index in [2.05, 4.69) is 48.2 Å². The second kappa shape index (κ2) is 11.8. The van der Waals surface area contributed by atoms with Gasteiger partial charge >= 0.3 is 0 Å². The summed E-state index contributed by atoms with van der Waals surface area (Å²) in [5.41, 5.74) is 6.41. The number of carbonyl (C=O) groups is 2. The normalized spacial score (nSPS) is 42.0. The van der Waals surface area contributed by atoms with E-state index in [0.29, 0.717) is 54.8 Å². The highest BCUT2D eigenvalue weighted by Gasteiger charge is 2.62. The first kappa shape index (κ1) is 30.8. The fraction of sp³-hybridized carbons (Fsp3) is 0.879. The second-order valence-corrected chi connectivity index (χ2v) is 15.1. The van der Waals surface area contributed by atoms with Crippen LogP contribution in [0.2, 0.25) is 0 Å². The fourth-order valence-corrected chi connectivity index (χ4v) is 10.2. The van der Waals surface area contributed by atoms with Gasteiger partial charge in [-0.15, -0.1) is 6.42 Å². The fourth-order valence-electron chi connectivity index (χ4n) is 10.2. The molecule has 5 aliphatic rings. The highest BCUT2D eigenvalue weighted by molar-refractivity contribution is 5.87. The molecule has 8 heteroatoms. The Morgan fingerprint density at radius 3 is 2.41 bits per heavy atom. The molecule has 4 aliphatic carbocycles. The Balaban J connectivity index is 1.18. The molecule has 0 aromatic heterocycles. The third-order valence-electron chi connectivity index (χ3n) is 12.7. The van der Waals surface area contributed by atoms with Crippen LogP contribution in [-0.4, -0.2) is 52.5 Å². The largest absolute Gasteiger partial charge is 0.393 e. The molecule has 0 radical (unpaired) electrons. The van der Waals surface area contributed by atoms with Crippen LogP contribution in [0.4, 0.5) is 0 Å². The summed E-state index contributed by atoms with van der Waals surface area (Å²) in [6.45, 7) is 9.41. The van der Waals surface area contributed by atoms with E-state index in [1.165, 1.54) is 12.8 Å².